The molecule has 94 valence electrons. The molecule has 0 saturated carbocycles. The molecule has 0 saturated heterocycles. The third-order valence-corrected chi connectivity index (χ3v) is 2.76. The molecular formula is C14H21NO2. The lowest BCUT2D eigenvalue weighted by Crippen LogP contribution is -2.11. The second kappa shape index (κ2) is 6.97. The van der Waals surface area contributed by atoms with Gasteiger partial charge in [-0.05, 0) is 37.5 Å². The molecular weight excluding hydrogens is 214 g/mol. The van der Waals surface area contributed by atoms with Crippen LogP contribution in [0.4, 0.5) is 0 Å². The SMILES string of the molecule is C=CCCCC(N)c1cc(OC)ccc1OC. The fourth-order valence-electron chi connectivity index (χ4n) is 1.77. The minimum absolute atomic E-state index is 0.0278. The molecule has 0 aromatic heterocycles. The summed E-state index contributed by atoms with van der Waals surface area (Å²) in [5.41, 5.74) is 7.16. The Morgan fingerprint density at radius 2 is 2.12 bits per heavy atom. The van der Waals surface area contributed by atoms with Crippen molar-refractivity contribution in [3.63, 3.8) is 0 Å². The Bertz CT molecular complexity index is 363. The molecule has 1 aromatic carbocycles. The second-order valence-corrected chi connectivity index (χ2v) is 3.93. The Balaban J connectivity index is 2.81. The summed E-state index contributed by atoms with van der Waals surface area (Å²) >= 11 is 0. The Kier molecular flexibility index (Phi) is 5.57. The summed E-state index contributed by atoms with van der Waals surface area (Å²) in [5.74, 6) is 1.62. The van der Waals surface area contributed by atoms with E-state index in [9.17, 15) is 0 Å². The molecule has 3 nitrogen and oxygen atoms in total. The van der Waals surface area contributed by atoms with Crippen LogP contribution in [0.2, 0.25) is 0 Å². The van der Waals surface area contributed by atoms with Gasteiger partial charge in [0.05, 0.1) is 14.2 Å². The maximum atomic E-state index is 6.17. The van der Waals surface area contributed by atoms with Crippen LogP contribution in [0.15, 0.2) is 30.9 Å². The van der Waals surface area contributed by atoms with E-state index in [0.717, 1.165) is 36.3 Å². The van der Waals surface area contributed by atoms with E-state index in [-0.39, 0.29) is 6.04 Å². The maximum Gasteiger partial charge on any atom is 0.123 e. The third-order valence-electron chi connectivity index (χ3n) is 2.76. The normalized spacial score (nSPS) is 11.9. The quantitative estimate of drug-likeness (QED) is 0.583. The summed E-state index contributed by atoms with van der Waals surface area (Å²) in [6.45, 7) is 3.71. The number of hydrogen-bond donors (Lipinski definition) is 1. The molecule has 1 aromatic rings. The molecule has 17 heavy (non-hydrogen) atoms. The standard InChI is InChI=1S/C14H21NO2/c1-4-5-6-7-13(15)12-10-11(16-2)8-9-14(12)17-3/h4,8-10,13H,1,5-7,15H2,2-3H3. The molecule has 0 aliphatic heterocycles. The Hall–Kier alpha value is -1.48. The Morgan fingerprint density at radius 1 is 1.35 bits per heavy atom. The van der Waals surface area contributed by atoms with Gasteiger partial charge >= 0.3 is 0 Å². The zero-order valence-corrected chi connectivity index (χ0v) is 10.6. The van der Waals surface area contributed by atoms with Gasteiger partial charge in [0.2, 0.25) is 0 Å². The summed E-state index contributed by atoms with van der Waals surface area (Å²) in [7, 11) is 3.30. The zero-order chi connectivity index (χ0) is 12.7. The van der Waals surface area contributed by atoms with Gasteiger partial charge in [0.15, 0.2) is 0 Å². The number of unbranched alkanes of at least 4 members (excludes halogenated alkanes) is 1. The predicted octanol–water partition coefficient (Wildman–Crippen LogP) is 3.06. The average molecular weight is 235 g/mol. The number of allylic oxidation sites excluding steroid dienone is 1. The summed E-state index contributed by atoms with van der Waals surface area (Å²) in [5, 5.41) is 0. The van der Waals surface area contributed by atoms with Crippen molar-refractivity contribution in [1.82, 2.24) is 0 Å². The first-order valence-corrected chi connectivity index (χ1v) is 5.81. The maximum absolute atomic E-state index is 6.17. The van der Waals surface area contributed by atoms with Gasteiger partial charge in [-0.2, -0.15) is 0 Å². The van der Waals surface area contributed by atoms with E-state index in [0.29, 0.717) is 0 Å². The first-order chi connectivity index (χ1) is 8.22. The zero-order valence-electron chi connectivity index (χ0n) is 10.6. The summed E-state index contributed by atoms with van der Waals surface area (Å²) in [6, 6.07) is 5.68. The lowest BCUT2D eigenvalue weighted by atomic mass is 10.0. The third kappa shape index (κ3) is 3.79. The van der Waals surface area contributed by atoms with Crippen LogP contribution in [0.5, 0.6) is 11.5 Å². The van der Waals surface area contributed by atoms with Crippen LogP contribution in [-0.4, -0.2) is 14.2 Å². The van der Waals surface area contributed by atoms with Crippen LogP contribution < -0.4 is 15.2 Å². The molecule has 0 bridgehead atoms. The predicted molar refractivity (Wildman–Crippen MR) is 70.5 cm³/mol. The summed E-state index contributed by atoms with van der Waals surface area (Å²) in [4.78, 5) is 0. The van der Waals surface area contributed by atoms with Crippen molar-refractivity contribution in [3.05, 3.63) is 36.4 Å². The summed E-state index contributed by atoms with van der Waals surface area (Å²) < 4.78 is 10.5. The molecule has 0 aliphatic carbocycles. The fraction of sp³-hybridized carbons (Fsp3) is 0.429. The number of benzene rings is 1. The van der Waals surface area contributed by atoms with Crippen molar-refractivity contribution in [2.24, 2.45) is 5.73 Å². The lowest BCUT2D eigenvalue weighted by molar-refractivity contribution is 0.393. The van der Waals surface area contributed by atoms with Crippen molar-refractivity contribution >= 4 is 0 Å². The molecule has 0 aliphatic rings. The Labute approximate surface area is 103 Å². The van der Waals surface area contributed by atoms with Crippen molar-refractivity contribution in [2.45, 2.75) is 25.3 Å². The smallest absolute Gasteiger partial charge is 0.123 e. The van der Waals surface area contributed by atoms with Gasteiger partial charge in [-0.1, -0.05) is 6.08 Å². The van der Waals surface area contributed by atoms with Gasteiger partial charge in [-0.3, -0.25) is 0 Å². The van der Waals surface area contributed by atoms with Crippen LogP contribution in [0, 0.1) is 0 Å². The monoisotopic (exact) mass is 235 g/mol. The van der Waals surface area contributed by atoms with Gasteiger partial charge in [0.25, 0.3) is 0 Å². The van der Waals surface area contributed by atoms with Crippen molar-refractivity contribution in [3.8, 4) is 11.5 Å². The number of nitrogens with two attached hydrogens (primary N) is 1. The first-order valence-electron chi connectivity index (χ1n) is 5.81. The van der Waals surface area contributed by atoms with E-state index in [1.54, 1.807) is 14.2 Å². The second-order valence-electron chi connectivity index (χ2n) is 3.93. The van der Waals surface area contributed by atoms with E-state index in [2.05, 4.69) is 6.58 Å². The molecule has 1 atom stereocenters. The van der Waals surface area contributed by atoms with Crippen molar-refractivity contribution in [1.29, 1.82) is 0 Å². The molecule has 0 fully saturated rings. The van der Waals surface area contributed by atoms with Crippen LogP contribution in [-0.2, 0) is 0 Å². The number of rotatable bonds is 7. The average Bonchev–Trinajstić information content (AvgIpc) is 2.38. The first kappa shape index (κ1) is 13.6. The molecule has 3 heteroatoms. The van der Waals surface area contributed by atoms with Gasteiger partial charge < -0.3 is 15.2 Å². The minimum Gasteiger partial charge on any atom is -0.497 e. The van der Waals surface area contributed by atoms with Gasteiger partial charge in [0.1, 0.15) is 11.5 Å². The highest BCUT2D eigenvalue weighted by Crippen LogP contribution is 2.30. The fourth-order valence-corrected chi connectivity index (χ4v) is 1.77. The number of ether oxygens (including phenoxy) is 2. The van der Waals surface area contributed by atoms with E-state index in [4.69, 9.17) is 15.2 Å². The molecule has 0 radical (unpaired) electrons. The molecule has 0 spiro atoms. The van der Waals surface area contributed by atoms with Crippen molar-refractivity contribution < 1.29 is 9.47 Å². The van der Waals surface area contributed by atoms with Gasteiger partial charge in [-0.15, -0.1) is 6.58 Å². The molecule has 1 unspecified atom stereocenters. The minimum atomic E-state index is -0.0278. The molecule has 0 heterocycles. The molecule has 1 rings (SSSR count). The summed E-state index contributed by atoms with van der Waals surface area (Å²) in [6.07, 6.45) is 4.84. The Morgan fingerprint density at radius 3 is 2.71 bits per heavy atom. The number of methoxy groups -OCH3 is 2. The molecule has 2 N–H and O–H groups in total. The van der Waals surface area contributed by atoms with Crippen LogP contribution in [0.25, 0.3) is 0 Å². The highest BCUT2D eigenvalue weighted by Gasteiger charge is 2.12. The van der Waals surface area contributed by atoms with Crippen LogP contribution in [0.1, 0.15) is 30.9 Å². The van der Waals surface area contributed by atoms with Crippen LogP contribution >= 0.6 is 0 Å². The van der Waals surface area contributed by atoms with Gasteiger partial charge in [-0.25, -0.2) is 0 Å². The number of hydrogen-bond acceptors (Lipinski definition) is 3. The van der Waals surface area contributed by atoms with Crippen molar-refractivity contribution in [2.75, 3.05) is 14.2 Å². The largest absolute Gasteiger partial charge is 0.497 e. The van der Waals surface area contributed by atoms with E-state index in [1.165, 1.54) is 0 Å². The van der Waals surface area contributed by atoms with E-state index < -0.39 is 0 Å². The lowest BCUT2D eigenvalue weighted by Gasteiger charge is -2.16. The van der Waals surface area contributed by atoms with Gasteiger partial charge in [0, 0.05) is 11.6 Å². The topological polar surface area (TPSA) is 44.5 Å². The van der Waals surface area contributed by atoms with E-state index in [1.807, 2.05) is 24.3 Å². The van der Waals surface area contributed by atoms with E-state index >= 15 is 0 Å². The highest BCUT2D eigenvalue weighted by molar-refractivity contribution is 5.42. The van der Waals surface area contributed by atoms with Crippen LogP contribution in [0.3, 0.4) is 0 Å². The highest BCUT2D eigenvalue weighted by atomic mass is 16.5. The molecule has 0 amide bonds.